The Labute approximate surface area is 205 Å². The van der Waals surface area contributed by atoms with E-state index in [0.717, 1.165) is 59.2 Å². The Kier molecular flexibility index (Phi) is 7.22. The molecule has 1 aliphatic rings. The van der Waals surface area contributed by atoms with Crippen molar-refractivity contribution in [2.24, 2.45) is 0 Å². The second-order valence-corrected chi connectivity index (χ2v) is 12.0. The lowest BCUT2D eigenvalue weighted by Gasteiger charge is -2.21. The van der Waals surface area contributed by atoms with Gasteiger partial charge in [0.25, 0.3) is 0 Å². The van der Waals surface area contributed by atoms with Gasteiger partial charge in [0.15, 0.2) is 0 Å². The van der Waals surface area contributed by atoms with E-state index in [4.69, 9.17) is 0 Å². The van der Waals surface area contributed by atoms with Crippen molar-refractivity contribution < 1.29 is 4.57 Å². The van der Waals surface area contributed by atoms with Gasteiger partial charge in [0.1, 0.15) is 13.0 Å². The highest BCUT2D eigenvalue weighted by molar-refractivity contribution is 7.70. The number of hydrogen-bond donors (Lipinski definition) is 4. The number of benzene rings is 2. The van der Waals surface area contributed by atoms with Gasteiger partial charge in [-0.1, -0.05) is 12.1 Å². The first-order valence-corrected chi connectivity index (χ1v) is 13.8. The normalized spacial score (nSPS) is 14.5. The molecule has 1 saturated heterocycles. The lowest BCUT2D eigenvalue weighted by molar-refractivity contribution is 0.454. The van der Waals surface area contributed by atoms with Crippen molar-refractivity contribution in [3.05, 3.63) is 60.4 Å². The van der Waals surface area contributed by atoms with Gasteiger partial charge >= 0.3 is 0 Å². The summed E-state index contributed by atoms with van der Waals surface area (Å²) in [5.74, 6) is 1.58. The highest BCUT2D eigenvalue weighted by atomic mass is 35.5. The number of anilines is 4. The van der Waals surface area contributed by atoms with Gasteiger partial charge in [0, 0.05) is 28.5 Å². The first-order valence-electron chi connectivity index (χ1n) is 11.2. The Balaban J connectivity index is 0.00000274. The van der Waals surface area contributed by atoms with E-state index in [0.29, 0.717) is 17.7 Å². The van der Waals surface area contributed by atoms with Gasteiger partial charge in [-0.25, -0.2) is 4.98 Å². The molecule has 0 aliphatic carbocycles. The average Bonchev–Trinajstić information content (AvgIpc) is 3.23. The Bertz CT molecular complexity index is 1330. The maximum atomic E-state index is 12.7. The smallest absolute Gasteiger partial charge is 0.229 e. The van der Waals surface area contributed by atoms with Gasteiger partial charge in [0.2, 0.25) is 5.95 Å². The molecule has 0 amide bonds. The van der Waals surface area contributed by atoms with Crippen LogP contribution in [0.2, 0.25) is 0 Å². The number of halogens is 1. The van der Waals surface area contributed by atoms with E-state index >= 15 is 0 Å². The minimum absolute atomic E-state index is 0. The van der Waals surface area contributed by atoms with Crippen LogP contribution in [0.3, 0.4) is 0 Å². The molecule has 178 valence electrons. The number of rotatable bonds is 6. The van der Waals surface area contributed by atoms with Gasteiger partial charge < -0.3 is 20.5 Å². The topological polar surface area (TPSA) is 108 Å². The summed E-state index contributed by atoms with van der Waals surface area (Å²) in [4.78, 5) is 8.99. The zero-order valence-electron chi connectivity index (χ0n) is 19.2. The third-order valence-corrected chi connectivity index (χ3v) is 7.53. The number of fused-ring (bicyclic) bond motifs is 1. The molecule has 4 aromatic rings. The summed E-state index contributed by atoms with van der Waals surface area (Å²) in [7, 11) is -2.43. The maximum Gasteiger partial charge on any atom is 0.229 e. The molecule has 3 heterocycles. The predicted molar refractivity (Wildman–Crippen MR) is 142 cm³/mol. The zero-order valence-corrected chi connectivity index (χ0v) is 20.9. The van der Waals surface area contributed by atoms with Crippen LogP contribution in [0, 0.1) is 0 Å². The molecule has 5 rings (SSSR count). The van der Waals surface area contributed by atoms with Crippen LogP contribution in [0.4, 0.5) is 23.1 Å². The fourth-order valence-electron chi connectivity index (χ4n) is 4.32. The fraction of sp³-hybridized carbons (Fsp3) is 0.292. The molecule has 8 nitrogen and oxygen atoms in total. The summed E-state index contributed by atoms with van der Waals surface area (Å²) in [6.07, 6.45) is 3.89. The predicted octanol–water partition coefficient (Wildman–Crippen LogP) is 4.98. The van der Waals surface area contributed by atoms with Crippen LogP contribution < -0.4 is 21.3 Å². The van der Waals surface area contributed by atoms with Gasteiger partial charge in [-0.15, -0.1) is 12.4 Å². The monoisotopic (exact) mass is 497 g/mol. The molecule has 10 heteroatoms. The standard InChI is InChI=1S/C24H28N7OP.ClH/c1-33(2,32)21-6-4-3-5-20(21)28-22-11-14-26-24(29-22)27-17-7-8-19-18(15-17)23(31-30-19)16-9-12-25-13-10-16;/h3-8,11,14-16,25H,9-10,12-13H2,1-2H3,(H,30,31)(H2,26,27,28,29);1H. The molecule has 0 atom stereocenters. The van der Waals surface area contributed by atoms with Gasteiger partial charge in [-0.2, -0.15) is 10.1 Å². The second-order valence-electron chi connectivity index (χ2n) is 8.78. The first kappa shape index (κ1) is 24.2. The lowest BCUT2D eigenvalue weighted by Crippen LogP contribution is -2.26. The summed E-state index contributed by atoms with van der Waals surface area (Å²) < 4.78 is 12.7. The average molecular weight is 498 g/mol. The Morgan fingerprint density at radius 3 is 2.62 bits per heavy atom. The molecule has 0 unspecified atom stereocenters. The van der Waals surface area contributed by atoms with Crippen LogP contribution in [0.5, 0.6) is 0 Å². The van der Waals surface area contributed by atoms with Crippen molar-refractivity contribution in [3.8, 4) is 0 Å². The van der Waals surface area contributed by atoms with Crippen molar-refractivity contribution in [1.29, 1.82) is 0 Å². The molecule has 0 spiro atoms. The zero-order chi connectivity index (χ0) is 22.8. The van der Waals surface area contributed by atoms with Gasteiger partial charge in [-0.05, 0) is 75.7 Å². The lowest BCUT2D eigenvalue weighted by atomic mass is 9.92. The van der Waals surface area contributed by atoms with Crippen molar-refractivity contribution >= 4 is 58.9 Å². The molecule has 34 heavy (non-hydrogen) atoms. The third kappa shape index (κ3) is 5.25. The third-order valence-electron chi connectivity index (χ3n) is 5.98. The number of nitrogens with zero attached hydrogens (tertiary/aromatic N) is 3. The minimum Gasteiger partial charge on any atom is -0.339 e. The van der Waals surface area contributed by atoms with Gasteiger partial charge in [-0.3, -0.25) is 5.10 Å². The molecule has 1 aliphatic heterocycles. The van der Waals surface area contributed by atoms with Crippen LogP contribution >= 0.6 is 19.5 Å². The molecule has 2 aromatic heterocycles. The van der Waals surface area contributed by atoms with Crippen molar-refractivity contribution in [2.45, 2.75) is 18.8 Å². The molecule has 0 bridgehead atoms. The number of hydrogen-bond acceptors (Lipinski definition) is 7. The largest absolute Gasteiger partial charge is 0.339 e. The summed E-state index contributed by atoms with van der Waals surface area (Å²) in [5.41, 5.74) is 3.86. The first-order chi connectivity index (χ1) is 16.0. The van der Waals surface area contributed by atoms with Gasteiger partial charge in [0.05, 0.1) is 16.9 Å². The number of aromatic nitrogens is 4. The Morgan fingerprint density at radius 1 is 1.03 bits per heavy atom. The van der Waals surface area contributed by atoms with Crippen LogP contribution in [0.15, 0.2) is 54.7 Å². The minimum atomic E-state index is -2.43. The number of nitrogens with one attached hydrogen (secondary N) is 4. The fourth-order valence-corrected chi connectivity index (χ4v) is 5.48. The highest BCUT2D eigenvalue weighted by Crippen LogP contribution is 2.38. The molecule has 0 radical (unpaired) electrons. The molecule has 2 aromatic carbocycles. The van der Waals surface area contributed by atoms with Crippen molar-refractivity contribution in [2.75, 3.05) is 37.1 Å². The SMILES string of the molecule is CP(C)(=O)c1ccccc1Nc1ccnc(Nc2ccc3[nH]nc(C4CCNCC4)c3c2)n1.Cl. The van der Waals surface area contributed by atoms with E-state index in [9.17, 15) is 4.57 Å². The highest BCUT2D eigenvalue weighted by Gasteiger charge is 2.20. The molecular formula is C24H29ClN7OP. The van der Waals surface area contributed by atoms with E-state index in [-0.39, 0.29) is 12.4 Å². The van der Waals surface area contributed by atoms with Crippen LogP contribution in [0.25, 0.3) is 10.9 Å². The number of aromatic amines is 1. The second kappa shape index (κ2) is 10.1. The summed E-state index contributed by atoms with van der Waals surface area (Å²) in [6, 6.07) is 15.6. The Hall–Kier alpha value is -2.93. The number of H-pyrrole nitrogens is 1. The van der Waals surface area contributed by atoms with Crippen molar-refractivity contribution in [1.82, 2.24) is 25.5 Å². The molecule has 1 fully saturated rings. The molecular weight excluding hydrogens is 469 g/mol. The maximum absolute atomic E-state index is 12.7. The summed E-state index contributed by atoms with van der Waals surface area (Å²) >= 11 is 0. The van der Waals surface area contributed by atoms with E-state index in [1.807, 2.05) is 36.4 Å². The Morgan fingerprint density at radius 2 is 1.82 bits per heavy atom. The van der Waals surface area contributed by atoms with E-state index in [1.54, 1.807) is 25.6 Å². The van der Waals surface area contributed by atoms with Crippen LogP contribution in [-0.2, 0) is 4.57 Å². The van der Waals surface area contributed by atoms with Crippen LogP contribution in [0.1, 0.15) is 24.5 Å². The van der Waals surface area contributed by atoms with Crippen molar-refractivity contribution in [3.63, 3.8) is 0 Å². The number of piperidine rings is 1. The summed E-state index contributed by atoms with van der Waals surface area (Å²) in [6.45, 7) is 5.59. The van der Waals surface area contributed by atoms with E-state index in [2.05, 4.69) is 42.2 Å². The van der Waals surface area contributed by atoms with E-state index < -0.39 is 7.14 Å². The summed E-state index contributed by atoms with van der Waals surface area (Å²) in [5, 5.41) is 19.7. The quantitative estimate of drug-likeness (QED) is 0.278. The molecule has 4 N–H and O–H groups in total. The molecule has 0 saturated carbocycles. The van der Waals surface area contributed by atoms with E-state index in [1.165, 1.54) is 0 Å². The van der Waals surface area contributed by atoms with Crippen LogP contribution in [-0.4, -0.2) is 46.6 Å². The number of para-hydroxylation sites is 1.